The van der Waals surface area contributed by atoms with Crippen LogP contribution in [0.15, 0.2) is 75.7 Å². The number of anilines is 1. The Kier molecular flexibility index (Phi) is 8.26. The van der Waals surface area contributed by atoms with Gasteiger partial charge < -0.3 is 19.3 Å². The van der Waals surface area contributed by atoms with Crippen LogP contribution in [0.5, 0.6) is 17.2 Å². The number of para-hydroxylation sites is 2. The van der Waals surface area contributed by atoms with E-state index < -0.39 is 0 Å². The van der Waals surface area contributed by atoms with Gasteiger partial charge >= 0.3 is 0 Å². The van der Waals surface area contributed by atoms with Gasteiger partial charge in [-0.25, -0.2) is 0 Å². The third-order valence-corrected chi connectivity index (χ3v) is 7.00. The maximum atomic E-state index is 13.3. The lowest BCUT2D eigenvalue weighted by Crippen LogP contribution is -2.40. The van der Waals surface area contributed by atoms with Crippen molar-refractivity contribution in [2.24, 2.45) is 5.92 Å². The monoisotopic (exact) mass is 596 g/mol. The Morgan fingerprint density at radius 3 is 2.79 bits per heavy atom. The fraction of sp³-hybridized carbons (Fsp3) is 0.250. The Bertz CT molecular complexity index is 1430. The fourth-order valence-electron chi connectivity index (χ4n) is 4.41. The number of hydrogen-bond acceptors (Lipinski definition) is 7. The molecule has 10 heteroatoms. The summed E-state index contributed by atoms with van der Waals surface area (Å²) in [6.07, 6.45) is 1.66. The third-order valence-electron chi connectivity index (χ3n) is 6.27. The van der Waals surface area contributed by atoms with Crippen molar-refractivity contribution in [3.8, 4) is 28.6 Å². The van der Waals surface area contributed by atoms with Gasteiger partial charge in [-0.1, -0.05) is 57.0 Å². The highest BCUT2D eigenvalue weighted by Crippen LogP contribution is 2.37. The van der Waals surface area contributed by atoms with Crippen LogP contribution in [-0.2, 0) is 11.3 Å². The number of methoxy groups -OCH3 is 1. The largest absolute Gasteiger partial charge is 0.493 e. The van der Waals surface area contributed by atoms with Crippen molar-refractivity contribution in [2.75, 3.05) is 25.5 Å². The topological polar surface area (TPSA) is 89.7 Å². The molecule has 5 rings (SSSR count). The van der Waals surface area contributed by atoms with Crippen molar-refractivity contribution in [3.63, 3.8) is 0 Å². The van der Waals surface area contributed by atoms with Gasteiger partial charge in [0.25, 0.3) is 0 Å². The number of likely N-dealkylation sites (tertiary alicyclic amines) is 1. The van der Waals surface area contributed by atoms with E-state index in [1.165, 1.54) is 0 Å². The first kappa shape index (κ1) is 26.2. The van der Waals surface area contributed by atoms with Crippen LogP contribution in [0.1, 0.15) is 18.7 Å². The van der Waals surface area contributed by atoms with Crippen LogP contribution < -0.4 is 14.8 Å². The summed E-state index contributed by atoms with van der Waals surface area (Å²) in [4.78, 5) is 20.0. The van der Waals surface area contributed by atoms with E-state index in [9.17, 15) is 4.79 Å². The first-order valence-corrected chi connectivity index (χ1v) is 13.4. The van der Waals surface area contributed by atoms with E-state index >= 15 is 0 Å². The molecular formula is C28H26BrClN4O4. The van der Waals surface area contributed by atoms with Crippen LogP contribution >= 0.6 is 27.5 Å². The minimum Gasteiger partial charge on any atom is -0.493 e. The summed E-state index contributed by atoms with van der Waals surface area (Å²) in [6, 6.07) is 20.2. The molecule has 1 N–H and O–H groups in total. The Hall–Kier alpha value is -3.40. The van der Waals surface area contributed by atoms with Crippen molar-refractivity contribution < 1.29 is 18.8 Å². The van der Waals surface area contributed by atoms with Crippen LogP contribution in [0.3, 0.4) is 0 Å². The van der Waals surface area contributed by atoms with E-state index in [2.05, 4.69) is 36.3 Å². The van der Waals surface area contributed by atoms with Crippen molar-refractivity contribution >= 4 is 39.1 Å². The average molecular weight is 598 g/mol. The van der Waals surface area contributed by atoms with Gasteiger partial charge in [0.2, 0.25) is 17.6 Å². The Labute approximate surface area is 234 Å². The second kappa shape index (κ2) is 12.0. The van der Waals surface area contributed by atoms with Crippen LogP contribution in [0.2, 0.25) is 5.02 Å². The summed E-state index contributed by atoms with van der Waals surface area (Å²) < 4.78 is 17.9. The number of rotatable bonds is 8. The van der Waals surface area contributed by atoms with Crippen molar-refractivity contribution in [1.82, 2.24) is 15.0 Å². The molecule has 1 saturated heterocycles. The maximum absolute atomic E-state index is 13.3. The van der Waals surface area contributed by atoms with Crippen molar-refractivity contribution in [1.29, 1.82) is 0 Å². The quantitative estimate of drug-likeness (QED) is 0.239. The molecule has 1 aliphatic heterocycles. The number of benzene rings is 3. The highest BCUT2D eigenvalue weighted by atomic mass is 79.9. The van der Waals surface area contributed by atoms with Gasteiger partial charge in [-0.05, 0) is 61.9 Å². The Balaban J connectivity index is 1.25. The van der Waals surface area contributed by atoms with E-state index in [1.54, 1.807) is 31.4 Å². The molecule has 1 amide bonds. The number of hydrogen-bond donors (Lipinski definition) is 1. The molecule has 1 aromatic heterocycles. The molecule has 196 valence electrons. The van der Waals surface area contributed by atoms with Crippen LogP contribution in [0.4, 0.5) is 5.69 Å². The zero-order valence-electron chi connectivity index (χ0n) is 20.7. The standard InChI is InChI=1S/C28H26BrClN4O4/c1-36-24-9-2-3-10-25(24)37-23-12-11-21(30)15-22(23)31-28(35)19-7-5-13-34(16-19)17-26-32-27(33-38-26)18-6-4-8-20(29)14-18/h2-4,6,8-12,14-15,19H,5,7,13,16-17H2,1H3,(H,31,35). The first-order chi connectivity index (χ1) is 18.5. The number of halogens is 2. The van der Waals surface area contributed by atoms with Gasteiger partial charge in [-0.3, -0.25) is 9.69 Å². The summed E-state index contributed by atoms with van der Waals surface area (Å²) in [5, 5.41) is 7.64. The molecule has 0 spiro atoms. The normalized spacial score (nSPS) is 15.7. The zero-order valence-corrected chi connectivity index (χ0v) is 23.0. The SMILES string of the molecule is COc1ccccc1Oc1ccc(Cl)cc1NC(=O)C1CCCN(Cc2nc(-c3cccc(Br)c3)no2)C1. The minimum atomic E-state index is -0.214. The predicted octanol–water partition coefficient (Wildman–Crippen LogP) is 6.80. The van der Waals surface area contributed by atoms with Gasteiger partial charge in [-0.15, -0.1) is 0 Å². The molecule has 2 heterocycles. The van der Waals surface area contributed by atoms with E-state index in [0.29, 0.717) is 52.8 Å². The number of aromatic nitrogens is 2. The van der Waals surface area contributed by atoms with Crippen molar-refractivity contribution in [3.05, 3.63) is 82.1 Å². The van der Waals surface area contributed by atoms with Crippen LogP contribution in [-0.4, -0.2) is 41.1 Å². The number of nitrogens with one attached hydrogen (secondary N) is 1. The minimum absolute atomic E-state index is 0.0952. The van der Waals surface area contributed by atoms with E-state index in [-0.39, 0.29) is 11.8 Å². The van der Waals surface area contributed by atoms with Crippen LogP contribution in [0.25, 0.3) is 11.4 Å². The number of ether oxygens (including phenoxy) is 2. The second-order valence-corrected chi connectivity index (χ2v) is 10.3. The average Bonchev–Trinajstić information content (AvgIpc) is 3.39. The third kappa shape index (κ3) is 6.35. The molecule has 8 nitrogen and oxygen atoms in total. The number of nitrogens with zero attached hydrogens (tertiary/aromatic N) is 3. The lowest BCUT2D eigenvalue weighted by atomic mass is 9.97. The lowest BCUT2D eigenvalue weighted by Gasteiger charge is -2.31. The van der Waals surface area contributed by atoms with Gasteiger partial charge in [-0.2, -0.15) is 4.98 Å². The summed E-state index contributed by atoms with van der Waals surface area (Å²) in [6.45, 7) is 1.89. The zero-order chi connectivity index (χ0) is 26.5. The fourth-order valence-corrected chi connectivity index (χ4v) is 4.98. The molecule has 0 saturated carbocycles. The van der Waals surface area contributed by atoms with E-state index in [1.807, 2.05) is 42.5 Å². The molecule has 0 radical (unpaired) electrons. The first-order valence-electron chi connectivity index (χ1n) is 12.2. The van der Waals surface area contributed by atoms with Gasteiger partial charge in [0.05, 0.1) is 25.3 Å². The molecule has 0 aliphatic carbocycles. The Morgan fingerprint density at radius 2 is 1.97 bits per heavy atom. The molecule has 0 bridgehead atoms. The molecule has 1 aliphatic rings. The summed E-state index contributed by atoms with van der Waals surface area (Å²) in [5.74, 6) is 2.35. The summed E-state index contributed by atoms with van der Waals surface area (Å²) in [5.41, 5.74) is 1.37. The van der Waals surface area contributed by atoms with Gasteiger partial charge in [0, 0.05) is 21.6 Å². The molecule has 1 fully saturated rings. The number of amides is 1. The molecular weight excluding hydrogens is 572 g/mol. The molecule has 1 unspecified atom stereocenters. The summed E-state index contributed by atoms with van der Waals surface area (Å²) >= 11 is 9.72. The van der Waals surface area contributed by atoms with E-state index in [4.69, 9.17) is 25.6 Å². The predicted molar refractivity (Wildman–Crippen MR) is 149 cm³/mol. The van der Waals surface area contributed by atoms with Gasteiger partial charge in [0.15, 0.2) is 17.2 Å². The molecule has 1 atom stereocenters. The maximum Gasteiger partial charge on any atom is 0.241 e. The van der Waals surface area contributed by atoms with Gasteiger partial charge in [0.1, 0.15) is 0 Å². The second-order valence-electron chi connectivity index (χ2n) is 8.98. The van der Waals surface area contributed by atoms with E-state index in [0.717, 1.165) is 29.4 Å². The number of carbonyl (C=O) groups is 1. The van der Waals surface area contributed by atoms with Crippen molar-refractivity contribution in [2.45, 2.75) is 19.4 Å². The Morgan fingerprint density at radius 1 is 1.13 bits per heavy atom. The smallest absolute Gasteiger partial charge is 0.241 e. The van der Waals surface area contributed by atoms with Crippen LogP contribution in [0, 0.1) is 5.92 Å². The number of carbonyl (C=O) groups excluding carboxylic acids is 1. The molecule has 3 aromatic carbocycles. The summed E-state index contributed by atoms with van der Waals surface area (Å²) in [7, 11) is 1.58. The number of piperidine rings is 1. The highest BCUT2D eigenvalue weighted by molar-refractivity contribution is 9.10. The lowest BCUT2D eigenvalue weighted by molar-refractivity contribution is -0.121. The molecule has 4 aromatic rings. The molecule has 38 heavy (non-hydrogen) atoms. The highest BCUT2D eigenvalue weighted by Gasteiger charge is 2.28.